The van der Waals surface area contributed by atoms with Crippen LogP contribution in [0.2, 0.25) is 0 Å². The Labute approximate surface area is 118 Å². The van der Waals surface area contributed by atoms with Crippen molar-refractivity contribution in [2.75, 3.05) is 13.3 Å². The lowest BCUT2D eigenvalue weighted by Gasteiger charge is -2.17. The molecule has 0 aromatic heterocycles. The summed E-state index contributed by atoms with van der Waals surface area (Å²) in [4.78, 5) is 10.0. The van der Waals surface area contributed by atoms with Gasteiger partial charge in [0.05, 0.1) is 11.1 Å². The van der Waals surface area contributed by atoms with Gasteiger partial charge in [0, 0.05) is 19.2 Å². The van der Waals surface area contributed by atoms with Crippen molar-refractivity contribution in [3.05, 3.63) is 34.4 Å². The lowest BCUT2D eigenvalue weighted by Crippen LogP contribution is -2.00. The summed E-state index contributed by atoms with van der Waals surface area (Å²) in [6.07, 6.45) is 4.28. The number of nitro benzene ring substituents is 1. The van der Waals surface area contributed by atoms with E-state index in [1.165, 1.54) is 31.4 Å². The van der Waals surface area contributed by atoms with Crippen LogP contribution < -0.4 is 4.52 Å². The number of nitrogens with zero attached hydrogens (tertiary/aromatic N) is 1. The lowest BCUT2D eigenvalue weighted by atomic mass is 10.2. The van der Waals surface area contributed by atoms with Crippen LogP contribution in [0.4, 0.5) is 5.69 Å². The summed E-state index contributed by atoms with van der Waals surface area (Å²) in [5, 5.41) is 10.5. The molecule has 0 saturated heterocycles. The van der Waals surface area contributed by atoms with E-state index in [2.05, 4.69) is 6.92 Å². The van der Waals surface area contributed by atoms with Crippen molar-refractivity contribution in [1.82, 2.24) is 0 Å². The molecule has 0 fully saturated rings. The first-order valence-electron chi connectivity index (χ1n) is 6.59. The summed E-state index contributed by atoms with van der Waals surface area (Å²) < 4.78 is 22.7. The molecule has 0 amide bonds. The second-order valence-electron chi connectivity index (χ2n) is 4.42. The minimum absolute atomic E-state index is 0.0347. The monoisotopic (exact) mass is 301 g/mol. The van der Waals surface area contributed by atoms with Crippen molar-refractivity contribution in [2.45, 2.75) is 32.6 Å². The highest BCUT2D eigenvalue weighted by atomic mass is 31.2. The third-order valence-corrected chi connectivity index (χ3v) is 4.77. The molecule has 0 spiro atoms. The molecule has 7 heteroatoms. The quantitative estimate of drug-likeness (QED) is 0.292. The van der Waals surface area contributed by atoms with Crippen LogP contribution in [0.1, 0.15) is 32.6 Å². The number of rotatable bonds is 9. The van der Waals surface area contributed by atoms with Crippen LogP contribution in [0, 0.1) is 10.1 Å². The number of benzene rings is 1. The summed E-state index contributed by atoms with van der Waals surface area (Å²) in [7, 11) is -1.82. The smallest absolute Gasteiger partial charge is 0.378 e. The normalized spacial score (nSPS) is 13.7. The zero-order chi connectivity index (χ0) is 15.0. The summed E-state index contributed by atoms with van der Waals surface area (Å²) in [6, 6.07) is 5.48. The van der Waals surface area contributed by atoms with E-state index in [0.29, 0.717) is 11.9 Å². The Kier molecular flexibility index (Phi) is 6.68. The van der Waals surface area contributed by atoms with Gasteiger partial charge in [0.15, 0.2) is 0 Å². The van der Waals surface area contributed by atoms with Gasteiger partial charge in [0.2, 0.25) is 0 Å². The molecule has 1 atom stereocenters. The zero-order valence-electron chi connectivity index (χ0n) is 11.8. The average molecular weight is 301 g/mol. The first kappa shape index (κ1) is 16.7. The zero-order valence-corrected chi connectivity index (χ0v) is 12.7. The Hall–Kier alpha value is -1.39. The molecule has 0 heterocycles. The van der Waals surface area contributed by atoms with Gasteiger partial charge in [-0.2, -0.15) is 0 Å². The maximum absolute atomic E-state index is 12.4. The van der Waals surface area contributed by atoms with Crippen molar-refractivity contribution in [1.29, 1.82) is 0 Å². The van der Waals surface area contributed by atoms with Gasteiger partial charge in [-0.25, -0.2) is 4.57 Å². The first-order chi connectivity index (χ1) is 9.50. The molecule has 1 rings (SSSR count). The van der Waals surface area contributed by atoms with Crippen molar-refractivity contribution >= 4 is 13.3 Å². The summed E-state index contributed by atoms with van der Waals surface area (Å²) >= 11 is 0. The van der Waals surface area contributed by atoms with Gasteiger partial charge >= 0.3 is 7.60 Å². The molecule has 1 aromatic rings. The van der Waals surface area contributed by atoms with Gasteiger partial charge in [0.25, 0.3) is 5.69 Å². The molecule has 0 aliphatic rings. The fourth-order valence-electron chi connectivity index (χ4n) is 1.70. The first-order valence-corrected chi connectivity index (χ1v) is 8.32. The van der Waals surface area contributed by atoms with Crippen LogP contribution >= 0.6 is 7.60 Å². The van der Waals surface area contributed by atoms with Gasteiger partial charge in [-0.1, -0.05) is 26.2 Å². The van der Waals surface area contributed by atoms with E-state index < -0.39 is 12.5 Å². The SMILES string of the molecule is CCCCCC[P@@](=O)(OC)Oc1ccc([N+](=O)[O-])cc1. The van der Waals surface area contributed by atoms with Crippen molar-refractivity contribution < 1.29 is 18.5 Å². The summed E-state index contributed by atoms with van der Waals surface area (Å²) in [5.41, 5.74) is -0.0347. The van der Waals surface area contributed by atoms with Crippen LogP contribution in [0.15, 0.2) is 24.3 Å². The molecular formula is C13H20NO5P. The molecule has 0 unspecified atom stereocenters. The second kappa shape index (κ2) is 8.02. The molecule has 0 saturated carbocycles. The van der Waals surface area contributed by atoms with Gasteiger partial charge in [0.1, 0.15) is 5.75 Å². The standard InChI is InChI=1S/C13H20NO5P/c1-3-4-5-6-11-20(17,18-2)19-13-9-7-12(8-10-13)14(15)16/h7-10H,3-6,11H2,1-2H3/t20-/m1/s1. The Morgan fingerprint density at radius 3 is 2.35 bits per heavy atom. The number of nitro groups is 1. The lowest BCUT2D eigenvalue weighted by molar-refractivity contribution is -0.384. The third-order valence-electron chi connectivity index (χ3n) is 2.86. The molecule has 0 bridgehead atoms. The average Bonchev–Trinajstić information content (AvgIpc) is 2.44. The Morgan fingerprint density at radius 1 is 1.20 bits per heavy atom. The van der Waals surface area contributed by atoms with Crippen molar-refractivity contribution in [3.8, 4) is 5.75 Å². The van der Waals surface area contributed by atoms with E-state index in [9.17, 15) is 14.7 Å². The van der Waals surface area contributed by atoms with Gasteiger partial charge in [-0.3, -0.25) is 10.1 Å². The fourth-order valence-corrected chi connectivity index (χ4v) is 3.10. The van der Waals surface area contributed by atoms with Crippen molar-refractivity contribution in [3.63, 3.8) is 0 Å². The van der Waals surface area contributed by atoms with E-state index in [0.717, 1.165) is 25.7 Å². The van der Waals surface area contributed by atoms with Crippen LogP contribution in [-0.4, -0.2) is 18.2 Å². The predicted octanol–water partition coefficient (Wildman–Crippen LogP) is 4.39. The van der Waals surface area contributed by atoms with Crippen molar-refractivity contribution in [2.24, 2.45) is 0 Å². The Morgan fingerprint density at radius 2 is 1.85 bits per heavy atom. The van der Waals surface area contributed by atoms with E-state index in [-0.39, 0.29) is 5.69 Å². The molecule has 1 aromatic carbocycles. The Bertz CT molecular complexity index is 474. The van der Waals surface area contributed by atoms with E-state index in [1.807, 2.05) is 0 Å². The molecule has 0 aliphatic carbocycles. The highest BCUT2D eigenvalue weighted by molar-refractivity contribution is 7.54. The number of unbranched alkanes of at least 4 members (excludes halogenated alkanes) is 3. The van der Waals surface area contributed by atoms with E-state index in [1.54, 1.807) is 0 Å². The van der Waals surface area contributed by atoms with Crippen LogP contribution in [0.3, 0.4) is 0 Å². The fraction of sp³-hybridized carbons (Fsp3) is 0.538. The minimum atomic E-state index is -3.17. The van der Waals surface area contributed by atoms with Crippen LogP contribution in [0.5, 0.6) is 5.75 Å². The van der Waals surface area contributed by atoms with Gasteiger partial charge in [-0.15, -0.1) is 0 Å². The topological polar surface area (TPSA) is 78.7 Å². The molecule has 0 N–H and O–H groups in total. The second-order valence-corrected chi connectivity index (χ2v) is 6.64. The molecular weight excluding hydrogens is 281 g/mol. The third kappa shape index (κ3) is 5.31. The largest absolute Gasteiger partial charge is 0.424 e. The highest BCUT2D eigenvalue weighted by Crippen LogP contribution is 2.48. The number of hydrogen-bond donors (Lipinski definition) is 0. The maximum Gasteiger partial charge on any atom is 0.378 e. The van der Waals surface area contributed by atoms with Crippen LogP contribution in [-0.2, 0) is 9.09 Å². The van der Waals surface area contributed by atoms with E-state index in [4.69, 9.17) is 9.05 Å². The minimum Gasteiger partial charge on any atom is -0.424 e. The van der Waals surface area contributed by atoms with E-state index >= 15 is 0 Å². The van der Waals surface area contributed by atoms with Gasteiger partial charge < -0.3 is 9.05 Å². The molecule has 6 nitrogen and oxygen atoms in total. The van der Waals surface area contributed by atoms with Crippen LogP contribution in [0.25, 0.3) is 0 Å². The number of hydrogen-bond acceptors (Lipinski definition) is 5. The molecule has 112 valence electrons. The molecule has 20 heavy (non-hydrogen) atoms. The maximum atomic E-state index is 12.4. The molecule has 0 aliphatic heterocycles. The Balaban J connectivity index is 2.62. The predicted molar refractivity (Wildman–Crippen MR) is 77.3 cm³/mol. The summed E-state index contributed by atoms with van der Waals surface area (Å²) in [6.45, 7) is 2.10. The molecule has 0 radical (unpaired) electrons. The van der Waals surface area contributed by atoms with Gasteiger partial charge in [-0.05, 0) is 18.6 Å². The number of non-ortho nitro benzene ring substituents is 1. The highest BCUT2D eigenvalue weighted by Gasteiger charge is 2.24. The summed E-state index contributed by atoms with van der Waals surface area (Å²) in [5.74, 6) is 0.316.